The molecule has 1 heteroatoms. The molecule has 0 amide bonds. The summed E-state index contributed by atoms with van der Waals surface area (Å²) in [6, 6.07) is 72.7. The molecule has 262 valence electrons. The topological polar surface area (TPSA) is 0 Å². The first kappa shape index (κ1) is 31.2. The Hall–Kier alpha value is -7.06. The van der Waals surface area contributed by atoms with E-state index in [0.717, 1.165) is 0 Å². The van der Waals surface area contributed by atoms with Gasteiger partial charge in [0.05, 0.1) is 0 Å². The van der Waals surface area contributed by atoms with E-state index in [2.05, 4.69) is 194 Å². The molecule has 0 atom stereocenters. The molecular weight excluding hydrogens is 705 g/mol. The van der Waals surface area contributed by atoms with Gasteiger partial charge in [-0.25, -0.2) is 0 Å². The van der Waals surface area contributed by atoms with Gasteiger partial charge in [0.2, 0.25) is 0 Å². The molecule has 1 aliphatic rings. The maximum Gasteiger partial charge on any atom is 0.0440 e. The van der Waals surface area contributed by atoms with Crippen molar-refractivity contribution < 1.29 is 0 Å². The van der Waals surface area contributed by atoms with Gasteiger partial charge in [-0.2, -0.15) is 0 Å². The van der Waals surface area contributed by atoms with E-state index >= 15 is 0 Å². The van der Waals surface area contributed by atoms with Crippen molar-refractivity contribution in [2.75, 3.05) is 0 Å². The van der Waals surface area contributed by atoms with Gasteiger partial charge in [-0.05, 0) is 116 Å². The van der Waals surface area contributed by atoms with Crippen LogP contribution in [-0.4, -0.2) is 0 Å². The maximum absolute atomic E-state index is 2.45. The van der Waals surface area contributed by atoms with Crippen molar-refractivity contribution in [2.45, 2.75) is 0 Å². The summed E-state index contributed by atoms with van der Waals surface area (Å²) in [7, 11) is 0. The molecule has 12 aromatic rings. The Morgan fingerprint density at radius 1 is 0.246 bits per heavy atom. The molecule has 0 spiro atoms. The third-order valence-electron chi connectivity index (χ3n) is 12.6. The molecular formula is C56H32S. The van der Waals surface area contributed by atoms with E-state index < -0.39 is 0 Å². The van der Waals surface area contributed by atoms with Gasteiger partial charge in [0, 0.05) is 25.7 Å². The number of hydrogen-bond acceptors (Lipinski definition) is 1. The van der Waals surface area contributed by atoms with Crippen LogP contribution in [0.25, 0.3) is 130 Å². The van der Waals surface area contributed by atoms with Crippen LogP contribution in [0.15, 0.2) is 194 Å². The molecule has 0 radical (unpaired) electrons. The molecule has 0 bridgehead atoms. The quantitative estimate of drug-likeness (QED) is 0.169. The highest BCUT2D eigenvalue weighted by molar-refractivity contribution is 7.26. The fourth-order valence-electron chi connectivity index (χ4n) is 10.3. The van der Waals surface area contributed by atoms with Gasteiger partial charge in [0.25, 0.3) is 0 Å². The van der Waals surface area contributed by atoms with E-state index in [1.165, 1.54) is 130 Å². The van der Waals surface area contributed by atoms with Gasteiger partial charge in [-0.1, -0.05) is 182 Å². The van der Waals surface area contributed by atoms with Crippen molar-refractivity contribution in [3.05, 3.63) is 194 Å². The van der Waals surface area contributed by atoms with Gasteiger partial charge in [0.15, 0.2) is 0 Å². The van der Waals surface area contributed by atoms with Gasteiger partial charge in [-0.3, -0.25) is 0 Å². The van der Waals surface area contributed by atoms with Crippen molar-refractivity contribution >= 4 is 85.4 Å². The normalized spacial score (nSPS) is 12.2. The smallest absolute Gasteiger partial charge is 0.0440 e. The number of thiophene rings is 1. The maximum atomic E-state index is 2.45. The fourth-order valence-corrected chi connectivity index (χ4v) is 11.5. The van der Waals surface area contributed by atoms with Gasteiger partial charge >= 0.3 is 0 Å². The van der Waals surface area contributed by atoms with Crippen molar-refractivity contribution in [1.29, 1.82) is 0 Å². The summed E-state index contributed by atoms with van der Waals surface area (Å²) >= 11 is 1.92. The number of hydrogen-bond donors (Lipinski definition) is 0. The van der Waals surface area contributed by atoms with E-state index in [4.69, 9.17) is 0 Å². The van der Waals surface area contributed by atoms with E-state index in [-0.39, 0.29) is 0 Å². The van der Waals surface area contributed by atoms with E-state index in [1.54, 1.807) is 0 Å². The highest BCUT2D eigenvalue weighted by atomic mass is 32.1. The molecule has 0 aliphatic heterocycles. The summed E-state index contributed by atoms with van der Waals surface area (Å²) < 4.78 is 2.68. The molecule has 0 saturated carbocycles. The van der Waals surface area contributed by atoms with Gasteiger partial charge < -0.3 is 0 Å². The van der Waals surface area contributed by atoms with Gasteiger partial charge in [-0.15, -0.1) is 11.3 Å². The lowest BCUT2D eigenvalue weighted by molar-refractivity contribution is 1.65. The fraction of sp³-hybridized carbons (Fsp3) is 0. The Bertz CT molecular complexity index is 3550. The Morgan fingerprint density at radius 2 is 0.684 bits per heavy atom. The first-order chi connectivity index (χ1) is 28.3. The summed E-state index contributed by atoms with van der Waals surface area (Å²) in [5, 5.41) is 15.5. The minimum Gasteiger partial charge on any atom is -0.135 e. The monoisotopic (exact) mass is 736 g/mol. The molecule has 0 saturated heterocycles. The van der Waals surface area contributed by atoms with Crippen molar-refractivity contribution in [1.82, 2.24) is 0 Å². The average molecular weight is 737 g/mol. The Labute approximate surface area is 333 Å². The predicted molar refractivity (Wildman–Crippen MR) is 248 cm³/mol. The molecule has 0 nitrogen and oxygen atoms in total. The van der Waals surface area contributed by atoms with Crippen molar-refractivity contribution in [3.63, 3.8) is 0 Å². The summed E-state index contributed by atoms with van der Waals surface area (Å²) in [4.78, 5) is 0. The zero-order valence-corrected chi connectivity index (χ0v) is 31.7. The second-order valence-electron chi connectivity index (χ2n) is 15.4. The first-order valence-corrected chi connectivity index (χ1v) is 20.6. The molecule has 1 heterocycles. The molecule has 1 aromatic heterocycles. The minimum absolute atomic E-state index is 1.25. The number of rotatable bonds is 3. The average Bonchev–Trinajstić information content (AvgIpc) is 3.81. The van der Waals surface area contributed by atoms with Gasteiger partial charge in [0.1, 0.15) is 0 Å². The van der Waals surface area contributed by atoms with Crippen LogP contribution >= 0.6 is 11.3 Å². The lowest BCUT2D eigenvalue weighted by Gasteiger charge is -2.22. The van der Waals surface area contributed by atoms with Crippen molar-refractivity contribution in [3.8, 4) is 55.6 Å². The van der Waals surface area contributed by atoms with Crippen LogP contribution in [0.4, 0.5) is 0 Å². The molecule has 0 N–H and O–H groups in total. The molecule has 0 fully saturated rings. The third-order valence-corrected chi connectivity index (χ3v) is 13.8. The Balaban J connectivity index is 1.22. The largest absolute Gasteiger partial charge is 0.135 e. The standard InChI is InChI=1S/C56H32S/c1-4-19-36-33(14-1)17-11-25-40(36)51-43-23-7-8-24-44(43)52(41-26-12-18-34-15-2-5-20-37(34)41)55-47-31-30-45(42-27-13-28-46(50(42)47)54(51)55)53-38-21-6-3-16-35(38)32-48-39-22-9-10-29-49(39)57-56(48)53/h1-32H. The van der Waals surface area contributed by atoms with E-state index in [0.29, 0.717) is 0 Å². The second kappa shape index (κ2) is 11.7. The van der Waals surface area contributed by atoms with Crippen LogP contribution in [0.1, 0.15) is 0 Å². The van der Waals surface area contributed by atoms with Crippen LogP contribution in [0.2, 0.25) is 0 Å². The molecule has 0 unspecified atom stereocenters. The second-order valence-corrected chi connectivity index (χ2v) is 16.5. The summed E-state index contributed by atoms with van der Waals surface area (Å²) in [5.74, 6) is 0. The van der Waals surface area contributed by atoms with Crippen molar-refractivity contribution in [2.24, 2.45) is 0 Å². The summed E-state index contributed by atoms with van der Waals surface area (Å²) in [6.07, 6.45) is 0. The number of benzene rings is 11. The summed E-state index contributed by atoms with van der Waals surface area (Å²) in [6.45, 7) is 0. The van der Waals surface area contributed by atoms with Crippen LogP contribution in [0, 0.1) is 0 Å². The predicted octanol–water partition coefficient (Wildman–Crippen LogP) is 16.5. The molecule has 11 aromatic carbocycles. The molecule has 13 rings (SSSR count). The van der Waals surface area contributed by atoms with Crippen LogP contribution in [-0.2, 0) is 0 Å². The number of fused-ring (bicyclic) bond motifs is 10. The van der Waals surface area contributed by atoms with Crippen LogP contribution < -0.4 is 0 Å². The van der Waals surface area contributed by atoms with E-state index in [9.17, 15) is 0 Å². The lowest BCUT2D eigenvalue weighted by atomic mass is 9.81. The zero-order valence-electron chi connectivity index (χ0n) is 30.9. The summed E-state index contributed by atoms with van der Waals surface area (Å²) in [5.41, 5.74) is 13.1. The third kappa shape index (κ3) is 4.27. The first-order valence-electron chi connectivity index (χ1n) is 19.8. The SMILES string of the molecule is c1ccc2c(-c3c4c(c(-c5cccc6ccccc56)c5ccccc35)-c3ccc(-c5c6ccccc6cc6c5sc5ccccc56)c5cccc-4c35)cccc2c1. The minimum atomic E-state index is 1.25. The van der Waals surface area contributed by atoms with Crippen LogP contribution in [0.3, 0.4) is 0 Å². The highest BCUT2D eigenvalue weighted by Gasteiger charge is 2.32. The van der Waals surface area contributed by atoms with E-state index in [1.807, 2.05) is 11.3 Å². The highest BCUT2D eigenvalue weighted by Crippen LogP contribution is 2.60. The Morgan fingerprint density at radius 3 is 1.35 bits per heavy atom. The Kier molecular flexibility index (Phi) is 6.41. The zero-order chi connectivity index (χ0) is 37.2. The lowest BCUT2D eigenvalue weighted by Crippen LogP contribution is -1.94. The van der Waals surface area contributed by atoms with Crippen LogP contribution in [0.5, 0.6) is 0 Å². The molecule has 1 aliphatic carbocycles. The molecule has 57 heavy (non-hydrogen) atoms.